The molecule has 1 heterocycles. The number of para-hydroxylation sites is 2. The van der Waals surface area contributed by atoms with Crippen molar-refractivity contribution >= 4 is 28.9 Å². The lowest BCUT2D eigenvalue weighted by Crippen LogP contribution is -2.47. The number of hydrogen-bond acceptors (Lipinski definition) is 5. The van der Waals surface area contributed by atoms with Gasteiger partial charge in [-0.25, -0.2) is 0 Å². The van der Waals surface area contributed by atoms with E-state index < -0.39 is 0 Å². The third kappa shape index (κ3) is 6.19. The van der Waals surface area contributed by atoms with Crippen LogP contribution in [-0.4, -0.2) is 45.1 Å². The molecule has 0 spiro atoms. The SMILES string of the molecule is COc1ccccc1N1CCN(c2ccc(NC(=O)C3CCCC3)cc2C(=O)NC(C)c2ccccc2)CC1. The Hall–Kier alpha value is -4.00. The second-order valence-corrected chi connectivity index (χ2v) is 10.5. The summed E-state index contributed by atoms with van der Waals surface area (Å²) in [6, 6.07) is 23.6. The molecule has 2 amide bonds. The summed E-state index contributed by atoms with van der Waals surface area (Å²) in [5.41, 5.74) is 4.25. The molecule has 204 valence electrons. The van der Waals surface area contributed by atoms with E-state index in [0.717, 1.165) is 74.6 Å². The van der Waals surface area contributed by atoms with Crippen LogP contribution < -0.4 is 25.2 Å². The Labute approximate surface area is 231 Å². The first-order valence-electron chi connectivity index (χ1n) is 14.0. The molecular formula is C32H38N4O3. The van der Waals surface area contributed by atoms with E-state index in [1.807, 2.05) is 73.7 Å². The minimum absolute atomic E-state index is 0.0506. The van der Waals surface area contributed by atoms with E-state index in [1.54, 1.807) is 7.11 Å². The fourth-order valence-corrected chi connectivity index (χ4v) is 5.68. The molecule has 1 aliphatic heterocycles. The van der Waals surface area contributed by atoms with Gasteiger partial charge in [-0.05, 0) is 55.7 Å². The van der Waals surface area contributed by atoms with Crippen molar-refractivity contribution in [3.8, 4) is 5.75 Å². The number of carbonyl (C=O) groups excluding carboxylic acids is 2. The number of anilines is 3. The second-order valence-electron chi connectivity index (χ2n) is 10.5. The van der Waals surface area contributed by atoms with Crippen LogP contribution >= 0.6 is 0 Å². The zero-order chi connectivity index (χ0) is 27.2. The van der Waals surface area contributed by atoms with Gasteiger partial charge in [-0.2, -0.15) is 0 Å². The number of hydrogen-bond donors (Lipinski definition) is 2. The molecule has 1 saturated carbocycles. The summed E-state index contributed by atoms with van der Waals surface area (Å²) in [6.07, 6.45) is 4.07. The minimum atomic E-state index is -0.148. The zero-order valence-corrected chi connectivity index (χ0v) is 22.9. The normalized spacial score (nSPS) is 16.6. The van der Waals surface area contributed by atoms with Gasteiger partial charge in [0.2, 0.25) is 5.91 Å². The van der Waals surface area contributed by atoms with Gasteiger partial charge >= 0.3 is 0 Å². The molecule has 3 aromatic rings. The average molecular weight is 527 g/mol. The maximum absolute atomic E-state index is 13.7. The van der Waals surface area contributed by atoms with Crippen LogP contribution in [0, 0.1) is 5.92 Å². The van der Waals surface area contributed by atoms with Gasteiger partial charge in [0.15, 0.2) is 0 Å². The number of nitrogens with zero attached hydrogens (tertiary/aromatic N) is 2. The van der Waals surface area contributed by atoms with E-state index in [-0.39, 0.29) is 23.8 Å². The van der Waals surface area contributed by atoms with Crippen molar-refractivity contribution in [2.75, 3.05) is 48.4 Å². The van der Waals surface area contributed by atoms with Crippen LogP contribution in [0.25, 0.3) is 0 Å². The lowest BCUT2D eigenvalue weighted by Gasteiger charge is -2.38. The van der Waals surface area contributed by atoms with Crippen LogP contribution in [-0.2, 0) is 4.79 Å². The number of ether oxygens (including phenoxy) is 1. The first-order valence-corrected chi connectivity index (χ1v) is 14.0. The van der Waals surface area contributed by atoms with Crippen LogP contribution in [0.3, 0.4) is 0 Å². The van der Waals surface area contributed by atoms with Gasteiger partial charge in [0.05, 0.1) is 24.4 Å². The van der Waals surface area contributed by atoms with Gasteiger partial charge in [0.1, 0.15) is 5.75 Å². The van der Waals surface area contributed by atoms with Gasteiger partial charge in [0, 0.05) is 43.5 Å². The summed E-state index contributed by atoms with van der Waals surface area (Å²) < 4.78 is 5.57. The highest BCUT2D eigenvalue weighted by Crippen LogP contribution is 2.32. The molecule has 7 heteroatoms. The zero-order valence-electron chi connectivity index (χ0n) is 22.9. The van der Waals surface area contributed by atoms with Crippen LogP contribution in [0.1, 0.15) is 54.6 Å². The average Bonchev–Trinajstić information content (AvgIpc) is 3.53. The summed E-state index contributed by atoms with van der Waals surface area (Å²) in [5.74, 6) is 0.826. The van der Waals surface area contributed by atoms with E-state index >= 15 is 0 Å². The van der Waals surface area contributed by atoms with Gasteiger partial charge < -0.3 is 25.2 Å². The van der Waals surface area contributed by atoms with Crippen LogP contribution in [0.5, 0.6) is 5.75 Å². The summed E-state index contributed by atoms with van der Waals surface area (Å²) in [5, 5.41) is 6.25. The Morgan fingerprint density at radius 3 is 2.18 bits per heavy atom. The van der Waals surface area contributed by atoms with Crippen molar-refractivity contribution in [2.45, 2.75) is 38.6 Å². The van der Waals surface area contributed by atoms with Crippen molar-refractivity contribution in [3.05, 3.63) is 83.9 Å². The van der Waals surface area contributed by atoms with Crippen molar-refractivity contribution in [3.63, 3.8) is 0 Å². The predicted octanol–water partition coefficient (Wildman–Crippen LogP) is 5.64. The van der Waals surface area contributed by atoms with E-state index in [0.29, 0.717) is 11.3 Å². The third-order valence-electron chi connectivity index (χ3n) is 7.93. The van der Waals surface area contributed by atoms with Crippen molar-refractivity contribution in [2.24, 2.45) is 5.92 Å². The number of benzene rings is 3. The van der Waals surface area contributed by atoms with E-state index in [2.05, 4.69) is 26.5 Å². The smallest absolute Gasteiger partial charge is 0.253 e. The van der Waals surface area contributed by atoms with E-state index in [4.69, 9.17) is 4.74 Å². The molecule has 7 nitrogen and oxygen atoms in total. The highest BCUT2D eigenvalue weighted by atomic mass is 16.5. The molecule has 0 bridgehead atoms. The molecule has 0 aromatic heterocycles. The fraction of sp³-hybridized carbons (Fsp3) is 0.375. The number of piperazine rings is 1. The van der Waals surface area contributed by atoms with Gasteiger partial charge in [-0.3, -0.25) is 9.59 Å². The van der Waals surface area contributed by atoms with Crippen LogP contribution in [0.2, 0.25) is 0 Å². The Morgan fingerprint density at radius 2 is 1.49 bits per heavy atom. The first kappa shape index (κ1) is 26.6. The first-order chi connectivity index (χ1) is 19.0. The standard InChI is InChI=1S/C32H38N4O3/c1-23(24-10-4-3-5-11-24)33-32(38)27-22-26(34-31(37)25-12-6-7-13-25)16-17-28(27)35-18-20-36(21-19-35)29-14-8-9-15-30(29)39-2/h3-5,8-11,14-17,22-23,25H,6-7,12-13,18-21H2,1-2H3,(H,33,38)(H,34,37). The Kier molecular flexibility index (Phi) is 8.35. The number of nitrogens with one attached hydrogen (secondary N) is 2. The molecule has 2 aliphatic rings. The maximum Gasteiger partial charge on any atom is 0.253 e. The number of methoxy groups -OCH3 is 1. The maximum atomic E-state index is 13.7. The van der Waals surface area contributed by atoms with Crippen LogP contribution in [0.15, 0.2) is 72.8 Å². The molecule has 39 heavy (non-hydrogen) atoms. The quantitative estimate of drug-likeness (QED) is 0.397. The summed E-state index contributed by atoms with van der Waals surface area (Å²) in [7, 11) is 1.70. The topological polar surface area (TPSA) is 73.9 Å². The van der Waals surface area contributed by atoms with Crippen molar-refractivity contribution < 1.29 is 14.3 Å². The molecule has 1 saturated heterocycles. The molecule has 3 aromatic carbocycles. The molecule has 2 fully saturated rings. The van der Waals surface area contributed by atoms with Gasteiger partial charge in [-0.1, -0.05) is 55.3 Å². The van der Waals surface area contributed by atoms with E-state index in [1.165, 1.54) is 0 Å². The third-order valence-corrected chi connectivity index (χ3v) is 7.93. The molecule has 5 rings (SSSR count). The van der Waals surface area contributed by atoms with Crippen LogP contribution in [0.4, 0.5) is 17.1 Å². The van der Waals surface area contributed by atoms with Gasteiger partial charge in [-0.15, -0.1) is 0 Å². The Balaban J connectivity index is 1.36. The van der Waals surface area contributed by atoms with Gasteiger partial charge in [0.25, 0.3) is 5.91 Å². The highest BCUT2D eigenvalue weighted by Gasteiger charge is 2.26. The molecule has 1 aliphatic carbocycles. The summed E-state index contributed by atoms with van der Waals surface area (Å²) >= 11 is 0. The molecule has 1 atom stereocenters. The second kappa shape index (κ2) is 12.2. The molecule has 1 unspecified atom stereocenters. The Morgan fingerprint density at radius 1 is 0.846 bits per heavy atom. The summed E-state index contributed by atoms with van der Waals surface area (Å²) in [4.78, 5) is 31.1. The molecule has 0 radical (unpaired) electrons. The lowest BCUT2D eigenvalue weighted by atomic mass is 10.0. The molecular weight excluding hydrogens is 488 g/mol. The Bertz CT molecular complexity index is 1280. The number of amides is 2. The van der Waals surface area contributed by atoms with E-state index in [9.17, 15) is 9.59 Å². The predicted molar refractivity (Wildman–Crippen MR) is 157 cm³/mol. The largest absolute Gasteiger partial charge is 0.495 e. The lowest BCUT2D eigenvalue weighted by molar-refractivity contribution is -0.119. The fourth-order valence-electron chi connectivity index (χ4n) is 5.68. The van der Waals surface area contributed by atoms with Crippen molar-refractivity contribution in [1.82, 2.24) is 5.32 Å². The molecule has 2 N–H and O–H groups in total. The van der Waals surface area contributed by atoms with Crippen molar-refractivity contribution in [1.29, 1.82) is 0 Å². The highest BCUT2D eigenvalue weighted by molar-refractivity contribution is 6.02. The monoisotopic (exact) mass is 526 g/mol. The minimum Gasteiger partial charge on any atom is -0.495 e. The number of carbonyl (C=O) groups is 2. The summed E-state index contributed by atoms with van der Waals surface area (Å²) in [6.45, 7) is 5.13. The number of rotatable bonds is 8.